The highest BCUT2D eigenvalue weighted by Gasteiger charge is 2.15. The van der Waals surface area contributed by atoms with Crippen molar-refractivity contribution in [3.63, 3.8) is 0 Å². The van der Waals surface area contributed by atoms with Gasteiger partial charge in [0, 0.05) is 30.4 Å². The Morgan fingerprint density at radius 1 is 1.12 bits per heavy atom. The minimum atomic E-state index is -0.0639. The van der Waals surface area contributed by atoms with Crippen LogP contribution in [0.3, 0.4) is 0 Å². The molecule has 25 heavy (non-hydrogen) atoms. The molecule has 0 radical (unpaired) electrons. The maximum absolute atomic E-state index is 12.1. The highest BCUT2D eigenvalue weighted by molar-refractivity contribution is 7.15. The fourth-order valence-electron chi connectivity index (χ4n) is 2.77. The zero-order chi connectivity index (χ0) is 17.1. The quantitative estimate of drug-likeness (QED) is 0.602. The number of nitrogens with one attached hydrogen (secondary N) is 1. The number of rotatable bonds is 5. The van der Waals surface area contributed by atoms with Crippen LogP contribution in [0.25, 0.3) is 4.96 Å². The molecule has 3 aromatic heterocycles. The molecule has 0 saturated heterocycles. The second-order valence-electron chi connectivity index (χ2n) is 5.62. The molecule has 1 aromatic carbocycles. The summed E-state index contributed by atoms with van der Waals surface area (Å²) in [5.41, 5.74) is 2.72. The Morgan fingerprint density at radius 2 is 1.96 bits per heavy atom. The first-order valence-corrected chi connectivity index (χ1v) is 8.84. The van der Waals surface area contributed by atoms with Gasteiger partial charge >= 0.3 is 0 Å². The third-order valence-corrected chi connectivity index (χ3v) is 4.72. The number of aromatic nitrogens is 3. The first-order chi connectivity index (χ1) is 12.3. The van der Waals surface area contributed by atoms with Gasteiger partial charge in [-0.2, -0.15) is 0 Å². The van der Waals surface area contributed by atoms with Gasteiger partial charge in [-0.05, 0) is 17.7 Å². The van der Waals surface area contributed by atoms with E-state index < -0.39 is 0 Å². The van der Waals surface area contributed by atoms with E-state index in [9.17, 15) is 4.79 Å². The average Bonchev–Trinajstić information content (AvgIpc) is 3.13. The molecule has 3 heterocycles. The van der Waals surface area contributed by atoms with E-state index in [0.717, 1.165) is 17.0 Å². The molecule has 1 atom stereocenters. The van der Waals surface area contributed by atoms with Crippen molar-refractivity contribution >= 4 is 16.3 Å². The molecule has 0 aliphatic heterocycles. The first kappa shape index (κ1) is 15.7. The van der Waals surface area contributed by atoms with Crippen molar-refractivity contribution in [2.45, 2.75) is 12.6 Å². The summed E-state index contributed by atoms with van der Waals surface area (Å²) in [4.78, 5) is 21.9. The fraction of sp³-hybridized carbons (Fsp3) is 0.105. The van der Waals surface area contributed by atoms with Gasteiger partial charge in [0.2, 0.25) is 0 Å². The number of hydrogen-bond donors (Lipinski definition) is 1. The Bertz CT molecular complexity index is 988. The second kappa shape index (κ2) is 6.96. The largest absolute Gasteiger partial charge is 0.299 e. The normalized spacial score (nSPS) is 12.3. The zero-order valence-electron chi connectivity index (χ0n) is 13.4. The second-order valence-corrected chi connectivity index (χ2v) is 6.49. The lowest BCUT2D eigenvalue weighted by molar-refractivity contribution is 0.584. The lowest BCUT2D eigenvalue weighted by Crippen LogP contribution is -2.24. The van der Waals surface area contributed by atoms with E-state index in [-0.39, 0.29) is 11.6 Å². The molecule has 6 heteroatoms. The molecule has 4 rings (SSSR count). The Balaban J connectivity index is 1.63. The molecule has 0 aliphatic rings. The molecule has 1 unspecified atom stereocenters. The number of hydrogen-bond acceptors (Lipinski definition) is 5. The molecule has 0 bridgehead atoms. The Labute approximate surface area is 148 Å². The van der Waals surface area contributed by atoms with Gasteiger partial charge in [-0.15, -0.1) is 11.3 Å². The van der Waals surface area contributed by atoms with E-state index in [2.05, 4.69) is 27.4 Å². The topological polar surface area (TPSA) is 59.3 Å². The summed E-state index contributed by atoms with van der Waals surface area (Å²) < 4.78 is 1.56. The van der Waals surface area contributed by atoms with E-state index in [0.29, 0.717) is 11.5 Å². The van der Waals surface area contributed by atoms with Crippen LogP contribution in [0.5, 0.6) is 0 Å². The smallest absolute Gasteiger partial charge is 0.258 e. The van der Waals surface area contributed by atoms with Crippen LogP contribution in [0.2, 0.25) is 0 Å². The van der Waals surface area contributed by atoms with Gasteiger partial charge in [0.25, 0.3) is 5.56 Å². The Hall–Kier alpha value is -2.83. The van der Waals surface area contributed by atoms with Crippen LogP contribution in [0.1, 0.15) is 23.0 Å². The molecule has 0 amide bonds. The molecule has 4 aromatic rings. The number of thiazole rings is 1. The van der Waals surface area contributed by atoms with Crippen LogP contribution in [0.15, 0.2) is 77.2 Å². The molecule has 124 valence electrons. The van der Waals surface area contributed by atoms with Crippen molar-refractivity contribution in [3.05, 3.63) is 99.7 Å². The van der Waals surface area contributed by atoms with E-state index in [4.69, 9.17) is 0 Å². The minimum Gasteiger partial charge on any atom is -0.299 e. The number of fused-ring (bicyclic) bond motifs is 1. The van der Waals surface area contributed by atoms with E-state index in [1.807, 2.05) is 41.8 Å². The lowest BCUT2D eigenvalue weighted by atomic mass is 10.0. The summed E-state index contributed by atoms with van der Waals surface area (Å²) in [6.45, 7) is 0.486. The highest BCUT2D eigenvalue weighted by atomic mass is 32.1. The average molecular weight is 348 g/mol. The fourth-order valence-corrected chi connectivity index (χ4v) is 3.51. The van der Waals surface area contributed by atoms with Gasteiger partial charge < -0.3 is 0 Å². The molecule has 1 N–H and O–H groups in total. The summed E-state index contributed by atoms with van der Waals surface area (Å²) in [5.74, 6) is 0. The minimum absolute atomic E-state index is 0.0582. The summed E-state index contributed by atoms with van der Waals surface area (Å²) in [7, 11) is 0. The summed E-state index contributed by atoms with van der Waals surface area (Å²) in [5, 5.41) is 5.35. The monoisotopic (exact) mass is 348 g/mol. The van der Waals surface area contributed by atoms with Gasteiger partial charge in [-0.1, -0.05) is 36.4 Å². The third-order valence-electron chi connectivity index (χ3n) is 3.96. The Kier molecular flexibility index (Phi) is 4.37. The van der Waals surface area contributed by atoms with Gasteiger partial charge in [0.1, 0.15) is 0 Å². The maximum Gasteiger partial charge on any atom is 0.258 e. The van der Waals surface area contributed by atoms with Crippen molar-refractivity contribution < 1.29 is 0 Å². The molecule has 5 nitrogen and oxygen atoms in total. The lowest BCUT2D eigenvalue weighted by Gasteiger charge is -2.18. The third kappa shape index (κ3) is 3.35. The number of benzene rings is 1. The van der Waals surface area contributed by atoms with Crippen molar-refractivity contribution in [2.24, 2.45) is 0 Å². The van der Waals surface area contributed by atoms with Crippen LogP contribution in [-0.4, -0.2) is 14.4 Å². The molecule has 0 saturated carbocycles. The molecule has 0 aliphatic carbocycles. The van der Waals surface area contributed by atoms with Crippen molar-refractivity contribution in [1.82, 2.24) is 19.7 Å². The predicted octanol–water partition coefficient (Wildman–Crippen LogP) is 3.03. The van der Waals surface area contributed by atoms with E-state index >= 15 is 0 Å². The van der Waals surface area contributed by atoms with Crippen LogP contribution < -0.4 is 10.9 Å². The van der Waals surface area contributed by atoms with Gasteiger partial charge in [-0.25, -0.2) is 4.98 Å². The van der Waals surface area contributed by atoms with Gasteiger partial charge in [0.15, 0.2) is 4.96 Å². The van der Waals surface area contributed by atoms with E-state index in [1.165, 1.54) is 11.3 Å². The van der Waals surface area contributed by atoms with Crippen LogP contribution >= 0.6 is 11.3 Å². The number of pyridine rings is 1. The van der Waals surface area contributed by atoms with E-state index in [1.54, 1.807) is 22.9 Å². The zero-order valence-corrected chi connectivity index (χ0v) is 14.2. The molecule has 0 spiro atoms. The van der Waals surface area contributed by atoms with Gasteiger partial charge in [-0.3, -0.25) is 19.5 Å². The Morgan fingerprint density at radius 3 is 2.76 bits per heavy atom. The summed E-state index contributed by atoms with van der Waals surface area (Å²) in [6.07, 6.45) is 3.53. The SMILES string of the molecule is O=c1cc(CNC(c2ccccc2)c2ccccn2)nc2sccn12. The highest BCUT2D eigenvalue weighted by Crippen LogP contribution is 2.20. The molecular formula is C19H16N4OS. The maximum atomic E-state index is 12.1. The summed E-state index contributed by atoms with van der Waals surface area (Å²) >= 11 is 1.45. The van der Waals surface area contributed by atoms with Crippen LogP contribution in [0.4, 0.5) is 0 Å². The molecular weight excluding hydrogens is 332 g/mol. The standard InChI is InChI=1S/C19H16N4OS/c24-17-12-15(22-19-23(17)10-11-25-19)13-21-18(14-6-2-1-3-7-14)16-8-4-5-9-20-16/h1-12,18,21H,13H2. The van der Waals surface area contributed by atoms with Crippen LogP contribution in [-0.2, 0) is 6.54 Å². The van der Waals surface area contributed by atoms with Gasteiger partial charge in [0.05, 0.1) is 17.4 Å². The predicted molar refractivity (Wildman–Crippen MR) is 98.7 cm³/mol. The van der Waals surface area contributed by atoms with Crippen molar-refractivity contribution in [2.75, 3.05) is 0 Å². The van der Waals surface area contributed by atoms with Crippen LogP contribution in [0, 0.1) is 0 Å². The number of nitrogens with zero attached hydrogens (tertiary/aromatic N) is 3. The first-order valence-electron chi connectivity index (χ1n) is 7.96. The van der Waals surface area contributed by atoms with Crippen molar-refractivity contribution in [3.8, 4) is 0 Å². The van der Waals surface area contributed by atoms with Crippen molar-refractivity contribution in [1.29, 1.82) is 0 Å². The molecule has 0 fully saturated rings. The summed E-state index contributed by atoms with van der Waals surface area (Å²) in [6, 6.07) is 17.5.